The number of aliphatic hydroxyl groups excluding tert-OH is 1. The molecule has 1 aliphatic carbocycles. The van der Waals surface area contributed by atoms with Crippen LogP contribution in [0.1, 0.15) is 19.3 Å². The van der Waals surface area contributed by atoms with Gasteiger partial charge >= 0.3 is 6.18 Å². The second-order valence-corrected chi connectivity index (χ2v) is 3.52. The normalized spacial score (nSPS) is 30.6. The highest BCUT2D eigenvalue weighted by atomic mass is 19.4. The first kappa shape index (κ1) is 11.7. The van der Waals surface area contributed by atoms with Gasteiger partial charge in [-0.05, 0) is 19.3 Å². The molecule has 84 valence electrons. The van der Waals surface area contributed by atoms with Gasteiger partial charge in [0, 0.05) is 6.04 Å². The molecule has 1 saturated carbocycles. The van der Waals surface area contributed by atoms with Gasteiger partial charge in [0.05, 0.1) is 12.7 Å². The van der Waals surface area contributed by atoms with E-state index < -0.39 is 18.9 Å². The topological polar surface area (TPSA) is 55.5 Å². The van der Waals surface area contributed by atoms with E-state index in [-0.39, 0.29) is 12.1 Å². The van der Waals surface area contributed by atoms with Gasteiger partial charge in [0.1, 0.15) is 0 Å². The Hall–Kier alpha value is -0.330. The Balaban J connectivity index is 2.26. The molecule has 3 N–H and O–H groups in total. The molecular weight excluding hydrogens is 199 g/mol. The third-order valence-corrected chi connectivity index (χ3v) is 2.35. The summed E-state index contributed by atoms with van der Waals surface area (Å²) in [5.74, 6) is 0. The lowest BCUT2D eigenvalue weighted by molar-refractivity contribution is -0.221. The first-order valence-corrected chi connectivity index (χ1v) is 4.53. The predicted molar refractivity (Wildman–Crippen MR) is 43.6 cm³/mol. The Labute approximate surface area is 80.0 Å². The second-order valence-electron chi connectivity index (χ2n) is 3.52. The van der Waals surface area contributed by atoms with Crippen LogP contribution < -0.4 is 5.73 Å². The van der Waals surface area contributed by atoms with Crippen molar-refractivity contribution in [3.8, 4) is 0 Å². The van der Waals surface area contributed by atoms with Crippen LogP contribution in [0, 0.1) is 0 Å². The Morgan fingerprint density at radius 3 is 2.50 bits per heavy atom. The lowest BCUT2D eigenvalue weighted by Crippen LogP contribution is -2.38. The molecule has 0 spiro atoms. The summed E-state index contributed by atoms with van der Waals surface area (Å²) in [7, 11) is 0. The molecule has 0 amide bonds. The number of aliphatic hydroxyl groups is 1. The number of nitrogens with two attached hydrogens (primary N) is 1. The van der Waals surface area contributed by atoms with Crippen molar-refractivity contribution in [2.75, 3.05) is 6.61 Å². The molecule has 0 aromatic heterocycles. The van der Waals surface area contributed by atoms with Crippen molar-refractivity contribution in [2.24, 2.45) is 5.73 Å². The van der Waals surface area contributed by atoms with Crippen molar-refractivity contribution in [1.82, 2.24) is 0 Å². The zero-order valence-corrected chi connectivity index (χ0v) is 7.63. The first-order valence-electron chi connectivity index (χ1n) is 4.53. The van der Waals surface area contributed by atoms with Crippen LogP contribution >= 0.6 is 0 Å². The first-order chi connectivity index (χ1) is 6.41. The molecule has 3 unspecified atom stereocenters. The van der Waals surface area contributed by atoms with Crippen LogP contribution in [-0.4, -0.2) is 36.1 Å². The molecule has 1 aliphatic rings. The maximum Gasteiger partial charge on any atom is 0.416 e. The van der Waals surface area contributed by atoms with Gasteiger partial charge in [0.15, 0.2) is 6.10 Å². The number of hydrogen-bond acceptors (Lipinski definition) is 3. The van der Waals surface area contributed by atoms with Gasteiger partial charge in [-0.15, -0.1) is 0 Å². The monoisotopic (exact) mass is 213 g/mol. The van der Waals surface area contributed by atoms with E-state index in [9.17, 15) is 13.2 Å². The van der Waals surface area contributed by atoms with Gasteiger partial charge in [0.2, 0.25) is 0 Å². The van der Waals surface area contributed by atoms with Gasteiger partial charge in [-0.1, -0.05) is 0 Å². The Bertz CT molecular complexity index is 184. The molecule has 0 aromatic carbocycles. The molecule has 0 bridgehead atoms. The van der Waals surface area contributed by atoms with Crippen LogP contribution in [0.5, 0.6) is 0 Å². The summed E-state index contributed by atoms with van der Waals surface area (Å²) in [5, 5.41) is 8.64. The third-order valence-electron chi connectivity index (χ3n) is 2.35. The molecular formula is C8H14F3NO2. The molecule has 6 heteroatoms. The highest BCUT2D eigenvalue weighted by Gasteiger charge is 2.39. The Kier molecular flexibility index (Phi) is 3.74. The average Bonchev–Trinajstić information content (AvgIpc) is 2.45. The minimum Gasteiger partial charge on any atom is -0.382 e. The standard InChI is InChI=1S/C8H14F3NO2/c9-8(10,11)7(13)4-14-6-3-1-2-5(6)12/h5-7,13H,1-4,12H2. The van der Waals surface area contributed by atoms with Gasteiger partial charge in [0.25, 0.3) is 0 Å². The van der Waals surface area contributed by atoms with Crippen LogP contribution in [0.2, 0.25) is 0 Å². The maximum absolute atomic E-state index is 11.9. The van der Waals surface area contributed by atoms with Crippen molar-refractivity contribution in [3.63, 3.8) is 0 Å². The molecule has 1 fully saturated rings. The van der Waals surface area contributed by atoms with Crippen molar-refractivity contribution in [3.05, 3.63) is 0 Å². The molecule has 0 radical (unpaired) electrons. The van der Waals surface area contributed by atoms with Gasteiger partial charge in [-0.2, -0.15) is 13.2 Å². The van der Waals surface area contributed by atoms with Gasteiger partial charge in [-0.3, -0.25) is 0 Å². The molecule has 3 atom stereocenters. The van der Waals surface area contributed by atoms with E-state index in [2.05, 4.69) is 0 Å². The Morgan fingerprint density at radius 2 is 2.07 bits per heavy atom. The minimum atomic E-state index is -4.61. The summed E-state index contributed by atoms with van der Waals surface area (Å²) in [6.45, 7) is -0.720. The molecule has 14 heavy (non-hydrogen) atoms. The van der Waals surface area contributed by atoms with Crippen LogP contribution in [0.3, 0.4) is 0 Å². The Morgan fingerprint density at radius 1 is 1.43 bits per heavy atom. The number of rotatable bonds is 3. The van der Waals surface area contributed by atoms with Crippen molar-refractivity contribution >= 4 is 0 Å². The fourth-order valence-electron chi connectivity index (χ4n) is 1.47. The molecule has 0 heterocycles. The van der Waals surface area contributed by atoms with E-state index in [1.54, 1.807) is 0 Å². The van der Waals surface area contributed by atoms with E-state index in [1.165, 1.54) is 0 Å². The van der Waals surface area contributed by atoms with Crippen LogP contribution in [-0.2, 0) is 4.74 Å². The van der Waals surface area contributed by atoms with E-state index >= 15 is 0 Å². The lowest BCUT2D eigenvalue weighted by atomic mass is 10.2. The minimum absolute atomic E-state index is 0.199. The second kappa shape index (κ2) is 4.46. The van der Waals surface area contributed by atoms with Crippen molar-refractivity contribution in [1.29, 1.82) is 0 Å². The highest BCUT2D eigenvalue weighted by molar-refractivity contribution is 4.81. The molecule has 0 aromatic rings. The van der Waals surface area contributed by atoms with Crippen LogP contribution in [0.25, 0.3) is 0 Å². The van der Waals surface area contributed by atoms with Gasteiger partial charge in [-0.25, -0.2) is 0 Å². The predicted octanol–water partition coefficient (Wildman–Crippen LogP) is 0.806. The number of hydrogen-bond donors (Lipinski definition) is 2. The summed E-state index contributed by atoms with van der Waals surface area (Å²) in [6.07, 6.45) is -5.04. The fraction of sp³-hybridized carbons (Fsp3) is 1.00. The number of halogens is 3. The van der Waals surface area contributed by atoms with E-state index in [1.807, 2.05) is 0 Å². The molecule has 3 nitrogen and oxygen atoms in total. The highest BCUT2D eigenvalue weighted by Crippen LogP contribution is 2.24. The van der Waals surface area contributed by atoms with E-state index in [0.717, 1.165) is 12.8 Å². The zero-order valence-electron chi connectivity index (χ0n) is 7.63. The summed E-state index contributed by atoms with van der Waals surface area (Å²) in [6, 6.07) is -0.199. The summed E-state index contributed by atoms with van der Waals surface area (Å²) in [4.78, 5) is 0. The lowest BCUT2D eigenvalue weighted by Gasteiger charge is -2.20. The van der Waals surface area contributed by atoms with E-state index in [4.69, 9.17) is 15.6 Å². The zero-order chi connectivity index (χ0) is 10.8. The molecule has 0 aliphatic heterocycles. The quantitative estimate of drug-likeness (QED) is 0.729. The van der Waals surface area contributed by atoms with E-state index in [0.29, 0.717) is 6.42 Å². The third kappa shape index (κ3) is 3.11. The van der Waals surface area contributed by atoms with Crippen LogP contribution in [0.4, 0.5) is 13.2 Å². The summed E-state index contributed by atoms with van der Waals surface area (Å²) < 4.78 is 40.5. The maximum atomic E-state index is 11.9. The molecule has 0 saturated heterocycles. The van der Waals surface area contributed by atoms with Crippen LogP contribution in [0.15, 0.2) is 0 Å². The molecule has 1 rings (SSSR count). The average molecular weight is 213 g/mol. The number of alkyl halides is 3. The van der Waals surface area contributed by atoms with Crippen molar-refractivity contribution in [2.45, 2.75) is 43.7 Å². The number of ether oxygens (including phenoxy) is 1. The van der Waals surface area contributed by atoms with Gasteiger partial charge < -0.3 is 15.6 Å². The smallest absolute Gasteiger partial charge is 0.382 e. The van der Waals surface area contributed by atoms with Crippen molar-refractivity contribution < 1.29 is 23.0 Å². The fourth-order valence-corrected chi connectivity index (χ4v) is 1.47. The largest absolute Gasteiger partial charge is 0.416 e. The SMILES string of the molecule is NC1CCCC1OCC(O)C(F)(F)F. The summed E-state index contributed by atoms with van der Waals surface area (Å²) >= 11 is 0. The summed E-state index contributed by atoms with van der Waals surface area (Å²) in [5.41, 5.74) is 5.59.